The van der Waals surface area contributed by atoms with E-state index in [1.807, 2.05) is 18.2 Å². The van der Waals surface area contributed by atoms with Crippen molar-refractivity contribution in [1.82, 2.24) is 9.97 Å². The third-order valence-electron chi connectivity index (χ3n) is 2.94. The topological polar surface area (TPSA) is 28.7 Å². The molecular weight excluding hydrogens is 232 g/mol. The molecule has 0 fully saturated rings. The third-order valence-corrected chi connectivity index (χ3v) is 3.38. The molecule has 0 aliphatic rings. The Balaban J connectivity index is 2.11. The first kappa shape index (κ1) is 12.4. The number of imidazole rings is 1. The summed E-state index contributed by atoms with van der Waals surface area (Å²) in [5.74, 6) is 2.95. The molecule has 0 spiro atoms. The Labute approximate surface area is 107 Å². The van der Waals surface area contributed by atoms with Crippen LogP contribution in [0, 0.1) is 11.8 Å². The van der Waals surface area contributed by atoms with Gasteiger partial charge in [0.05, 0.1) is 11.0 Å². The van der Waals surface area contributed by atoms with E-state index in [0.717, 1.165) is 29.7 Å². The number of para-hydroxylation sites is 2. The number of nitrogens with one attached hydrogen (secondary N) is 1. The first-order valence-corrected chi connectivity index (χ1v) is 6.72. The van der Waals surface area contributed by atoms with Crippen molar-refractivity contribution < 1.29 is 0 Å². The lowest BCUT2D eigenvalue weighted by Gasteiger charge is -2.14. The number of rotatable bonds is 5. The fraction of sp³-hybridized carbons (Fsp3) is 0.500. The molecule has 0 aliphatic carbocycles. The Morgan fingerprint density at radius 2 is 2.06 bits per heavy atom. The molecule has 1 aromatic carbocycles. The molecule has 1 aromatic heterocycles. The van der Waals surface area contributed by atoms with Gasteiger partial charge in [-0.15, -0.1) is 11.6 Å². The zero-order valence-corrected chi connectivity index (χ0v) is 11.2. The minimum absolute atomic E-state index is 0.511. The molecule has 0 radical (unpaired) electrons. The third kappa shape index (κ3) is 3.22. The van der Waals surface area contributed by atoms with Crippen LogP contribution in [0.25, 0.3) is 11.0 Å². The zero-order valence-electron chi connectivity index (χ0n) is 10.4. The number of H-pyrrole nitrogens is 1. The standard InChI is InChI=1S/C14H19ClN2/c1-10(2)7-11(9-15)8-14-16-12-5-3-4-6-13(12)17-14/h3-6,10-11H,7-9H2,1-2H3,(H,16,17). The molecule has 92 valence electrons. The minimum Gasteiger partial charge on any atom is -0.342 e. The number of benzene rings is 1. The molecule has 17 heavy (non-hydrogen) atoms. The Bertz CT molecular complexity index is 443. The lowest BCUT2D eigenvalue weighted by molar-refractivity contribution is 0.435. The molecule has 2 rings (SSSR count). The van der Waals surface area contributed by atoms with E-state index in [-0.39, 0.29) is 0 Å². The van der Waals surface area contributed by atoms with Gasteiger partial charge in [0, 0.05) is 12.3 Å². The first-order chi connectivity index (χ1) is 8.19. The molecule has 0 bridgehead atoms. The molecule has 3 heteroatoms. The van der Waals surface area contributed by atoms with Crippen LogP contribution in [0.2, 0.25) is 0 Å². The van der Waals surface area contributed by atoms with E-state index in [0.29, 0.717) is 17.7 Å². The number of alkyl halides is 1. The Kier molecular flexibility index (Phi) is 4.06. The van der Waals surface area contributed by atoms with Crippen LogP contribution in [0.4, 0.5) is 0 Å². The van der Waals surface area contributed by atoms with Gasteiger partial charge in [0.25, 0.3) is 0 Å². The van der Waals surface area contributed by atoms with Crippen LogP contribution in [0.1, 0.15) is 26.1 Å². The van der Waals surface area contributed by atoms with Gasteiger partial charge >= 0.3 is 0 Å². The normalized spacial score (nSPS) is 13.4. The van der Waals surface area contributed by atoms with E-state index in [1.54, 1.807) is 0 Å². The Hall–Kier alpha value is -1.02. The molecule has 0 saturated heterocycles. The van der Waals surface area contributed by atoms with Gasteiger partial charge in [-0.1, -0.05) is 26.0 Å². The highest BCUT2D eigenvalue weighted by Crippen LogP contribution is 2.19. The number of nitrogens with zero attached hydrogens (tertiary/aromatic N) is 1. The van der Waals surface area contributed by atoms with Crippen molar-refractivity contribution in [1.29, 1.82) is 0 Å². The number of hydrogen-bond acceptors (Lipinski definition) is 1. The number of fused-ring (bicyclic) bond motifs is 1. The summed E-state index contributed by atoms with van der Waals surface area (Å²) in [4.78, 5) is 7.96. The van der Waals surface area contributed by atoms with Gasteiger partial charge in [-0.05, 0) is 30.4 Å². The number of halogens is 1. The summed E-state index contributed by atoms with van der Waals surface area (Å²) in [5.41, 5.74) is 2.15. The molecule has 0 amide bonds. The molecule has 1 N–H and O–H groups in total. The van der Waals surface area contributed by atoms with Crippen molar-refractivity contribution in [2.45, 2.75) is 26.7 Å². The highest BCUT2D eigenvalue weighted by atomic mass is 35.5. The van der Waals surface area contributed by atoms with Crippen LogP contribution >= 0.6 is 11.6 Å². The van der Waals surface area contributed by atoms with Crippen LogP contribution in [0.15, 0.2) is 24.3 Å². The maximum atomic E-state index is 6.02. The maximum absolute atomic E-state index is 6.02. The molecule has 2 nitrogen and oxygen atoms in total. The monoisotopic (exact) mass is 250 g/mol. The van der Waals surface area contributed by atoms with Gasteiger partial charge in [-0.3, -0.25) is 0 Å². The van der Waals surface area contributed by atoms with Crippen molar-refractivity contribution >= 4 is 22.6 Å². The first-order valence-electron chi connectivity index (χ1n) is 6.18. The van der Waals surface area contributed by atoms with E-state index >= 15 is 0 Å². The van der Waals surface area contributed by atoms with Gasteiger partial charge in [-0.2, -0.15) is 0 Å². The second kappa shape index (κ2) is 5.54. The van der Waals surface area contributed by atoms with E-state index in [2.05, 4.69) is 29.9 Å². The Morgan fingerprint density at radius 1 is 1.29 bits per heavy atom. The van der Waals surface area contributed by atoms with Gasteiger partial charge < -0.3 is 4.98 Å². The summed E-state index contributed by atoms with van der Waals surface area (Å²) in [7, 11) is 0. The van der Waals surface area contributed by atoms with E-state index in [4.69, 9.17) is 11.6 Å². The maximum Gasteiger partial charge on any atom is 0.107 e. The molecular formula is C14H19ClN2. The van der Waals surface area contributed by atoms with Crippen molar-refractivity contribution in [2.24, 2.45) is 11.8 Å². The smallest absolute Gasteiger partial charge is 0.107 e. The number of aromatic amines is 1. The molecule has 1 heterocycles. The minimum atomic E-state index is 0.511. The SMILES string of the molecule is CC(C)CC(CCl)Cc1nc2ccccc2[nH]1. The molecule has 2 aromatic rings. The van der Waals surface area contributed by atoms with Gasteiger partial charge in [-0.25, -0.2) is 4.98 Å². The highest BCUT2D eigenvalue weighted by molar-refractivity contribution is 6.18. The number of aromatic nitrogens is 2. The Morgan fingerprint density at radius 3 is 2.71 bits per heavy atom. The van der Waals surface area contributed by atoms with Crippen LogP contribution in [0.3, 0.4) is 0 Å². The predicted octanol–water partition coefficient (Wildman–Crippen LogP) is 4.01. The van der Waals surface area contributed by atoms with Gasteiger partial charge in [0.15, 0.2) is 0 Å². The van der Waals surface area contributed by atoms with Crippen LogP contribution in [-0.4, -0.2) is 15.8 Å². The fourth-order valence-electron chi connectivity index (χ4n) is 2.24. The predicted molar refractivity (Wildman–Crippen MR) is 73.5 cm³/mol. The fourth-order valence-corrected chi connectivity index (χ4v) is 2.48. The van der Waals surface area contributed by atoms with Gasteiger partial charge in [0.2, 0.25) is 0 Å². The summed E-state index contributed by atoms with van der Waals surface area (Å²) in [5, 5.41) is 0. The van der Waals surface area contributed by atoms with Crippen molar-refractivity contribution in [3.8, 4) is 0 Å². The van der Waals surface area contributed by atoms with Crippen LogP contribution in [-0.2, 0) is 6.42 Å². The second-order valence-corrected chi connectivity index (χ2v) is 5.36. The van der Waals surface area contributed by atoms with Crippen LogP contribution in [0.5, 0.6) is 0 Å². The average molecular weight is 251 g/mol. The number of hydrogen-bond donors (Lipinski definition) is 1. The van der Waals surface area contributed by atoms with Crippen LogP contribution < -0.4 is 0 Å². The summed E-state index contributed by atoms with van der Waals surface area (Å²) in [6, 6.07) is 8.13. The highest BCUT2D eigenvalue weighted by Gasteiger charge is 2.13. The molecule has 0 aliphatic heterocycles. The summed E-state index contributed by atoms with van der Waals surface area (Å²) >= 11 is 6.02. The molecule has 1 unspecified atom stereocenters. The van der Waals surface area contributed by atoms with Crippen molar-refractivity contribution in [3.63, 3.8) is 0 Å². The average Bonchev–Trinajstić information content (AvgIpc) is 2.69. The zero-order chi connectivity index (χ0) is 12.3. The molecule has 1 atom stereocenters. The summed E-state index contributed by atoms with van der Waals surface area (Å²) < 4.78 is 0. The lowest BCUT2D eigenvalue weighted by atomic mass is 9.96. The van der Waals surface area contributed by atoms with Gasteiger partial charge in [0.1, 0.15) is 5.82 Å². The van der Waals surface area contributed by atoms with E-state index < -0.39 is 0 Å². The van der Waals surface area contributed by atoms with E-state index in [1.165, 1.54) is 0 Å². The largest absolute Gasteiger partial charge is 0.342 e. The molecule has 0 saturated carbocycles. The quantitative estimate of drug-likeness (QED) is 0.799. The summed E-state index contributed by atoms with van der Waals surface area (Å²) in [6.07, 6.45) is 2.09. The summed E-state index contributed by atoms with van der Waals surface area (Å²) in [6.45, 7) is 4.47. The van der Waals surface area contributed by atoms with Crippen molar-refractivity contribution in [3.05, 3.63) is 30.1 Å². The van der Waals surface area contributed by atoms with Crippen molar-refractivity contribution in [2.75, 3.05) is 5.88 Å². The van der Waals surface area contributed by atoms with E-state index in [9.17, 15) is 0 Å². The second-order valence-electron chi connectivity index (χ2n) is 5.05. The lowest BCUT2D eigenvalue weighted by Crippen LogP contribution is -2.10.